The van der Waals surface area contributed by atoms with Gasteiger partial charge in [-0.3, -0.25) is 11.3 Å². The third-order valence-corrected chi connectivity index (χ3v) is 2.18. The zero-order valence-electron chi connectivity index (χ0n) is 7.76. The second-order valence-corrected chi connectivity index (χ2v) is 2.81. The van der Waals surface area contributed by atoms with Crippen LogP contribution >= 0.6 is 0 Å². The van der Waals surface area contributed by atoms with E-state index in [-0.39, 0.29) is 0 Å². The predicted molar refractivity (Wildman–Crippen MR) is 47.1 cm³/mol. The van der Waals surface area contributed by atoms with Gasteiger partial charge in [0, 0.05) is 13.2 Å². The fourth-order valence-electron chi connectivity index (χ4n) is 1.36. The monoisotopic (exact) mass is 160 g/mol. The van der Waals surface area contributed by atoms with E-state index in [4.69, 9.17) is 10.6 Å². The van der Waals surface area contributed by atoms with Gasteiger partial charge in [-0.2, -0.15) is 0 Å². The molecule has 0 fully saturated rings. The second-order valence-electron chi connectivity index (χ2n) is 2.81. The Balaban J connectivity index is 3.76. The first kappa shape index (κ1) is 10.9. The van der Waals surface area contributed by atoms with Crippen LogP contribution < -0.4 is 11.3 Å². The Kier molecular flexibility index (Phi) is 6.51. The number of hydrazine groups is 1. The summed E-state index contributed by atoms with van der Waals surface area (Å²) in [6.07, 6.45) is 2.30. The number of ether oxygens (including phenoxy) is 1. The molecule has 0 aliphatic heterocycles. The Labute approximate surface area is 69.3 Å². The highest BCUT2D eigenvalue weighted by molar-refractivity contribution is 4.71. The van der Waals surface area contributed by atoms with Gasteiger partial charge in [-0.25, -0.2) is 0 Å². The molecule has 68 valence electrons. The van der Waals surface area contributed by atoms with Crippen molar-refractivity contribution in [2.24, 2.45) is 11.8 Å². The molecular weight excluding hydrogens is 140 g/mol. The number of rotatable bonds is 6. The summed E-state index contributed by atoms with van der Waals surface area (Å²) in [7, 11) is 1.70. The van der Waals surface area contributed by atoms with Crippen LogP contribution in [0.25, 0.3) is 0 Å². The van der Waals surface area contributed by atoms with E-state index in [2.05, 4.69) is 19.3 Å². The summed E-state index contributed by atoms with van der Waals surface area (Å²) in [6.45, 7) is 5.05. The molecule has 3 nitrogen and oxygen atoms in total. The van der Waals surface area contributed by atoms with E-state index < -0.39 is 0 Å². The molecule has 1 unspecified atom stereocenters. The zero-order chi connectivity index (χ0) is 8.69. The van der Waals surface area contributed by atoms with E-state index in [9.17, 15) is 0 Å². The summed E-state index contributed by atoms with van der Waals surface area (Å²) >= 11 is 0. The molecule has 11 heavy (non-hydrogen) atoms. The maximum absolute atomic E-state index is 5.38. The minimum absolute atomic E-state index is 0.301. The van der Waals surface area contributed by atoms with Crippen LogP contribution in [-0.4, -0.2) is 19.8 Å². The van der Waals surface area contributed by atoms with Crippen molar-refractivity contribution in [1.29, 1.82) is 0 Å². The van der Waals surface area contributed by atoms with E-state index >= 15 is 0 Å². The third-order valence-electron chi connectivity index (χ3n) is 2.18. The van der Waals surface area contributed by atoms with Crippen LogP contribution in [0, 0.1) is 5.92 Å². The Hall–Kier alpha value is -0.120. The van der Waals surface area contributed by atoms with E-state index in [0.717, 1.165) is 12.8 Å². The molecule has 0 aromatic heterocycles. The average Bonchev–Trinajstić information content (AvgIpc) is 2.05. The molecule has 0 aromatic rings. The summed E-state index contributed by atoms with van der Waals surface area (Å²) in [4.78, 5) is 0. The fraction of sp³-hybridized carbons (Fsp3) is 1.00. The topological polar surface area (TPSA) is 47.3 Å². The van der Waals surface area contributed by atoms with Crippen molar-refractivity contribution in [2.75, 3.05) is 13.7 Å². The summed E-state index contributed by atoms with van der Waals surface area (Å²) in [5.41, 5.74) is 2.78. The standard InChI is InChI=1S/C8H20N2O/c1-4-7(5-2)8(10-9)6-11-3/h7-8,10H,4-6,9H2,1-3H3. The third kappa shape index (κ3) is 3.70. The first-order valence-corrected chi connectivity index (χ1v) is 4.25. The van der Waals surface area contributed by atoms with Crippen LogP contribution in [0.1, 0.15) is 26.7 Å². The van der Waals surface area contributed by atoms with Gasteiger partial charge in [-0.05, 0) is 5.92 Å². The molecule has 0 bridgehead atoms. The van der Waals surface area contributed by atoms with Gasteiger partial charge in [0.2, 0.25) is 0 Å². The van der Waals surface area contributed by atoms with Gasteiger partial charge in [0.05, 0.1) is 6.61 Å². The molecule has 0 rings (SSSR count). The lowest BCUT2D eigenvalue weighted by atomic mass is 9.95. The minimum atomic E-state index is 0.301. The molecule has 3 heteroatoms. The van der Waals surface area contributed by atoms with Gasteiger partial charge in [0.25, 0.3) is 0 Å². The van der Waals surface area contributed by atoms with Crippen molar-refractivity contribution >= 4 is 0 Å². The molecule has 0 radical (unpaired) electrons. The highest BCUT2D eigenvalue weighted by Crippen LogP contribution is 2.12. The lowest BCUT2D eigenvalue weighted by molar-refractivity contribution is 0.136. The van der Waals surface area contributed by atoms with E-state index in [1.54, 1.807) is 7.11 Å². The highest BCUT2D eigenvalue weighted by atomic mass is 16.5. The molecule has 0 saturated carbocycles. The largest absolute Gasteiger partial charge is 0.383 e. The van der Waals surface area contributed by atoms with E-state index in [1.165, 1.54) is 0 Å². The first-order valence-electron chi connectivity index (χ1n) is 4.25. The maximum atomic E-state index is 5.38. The van der Waals surface area contributed by atoms with Gasteiger partial charge in [-0.15, -0.1) is 0 Å². The zero-order valence-corrected chi connectivity index (χ0v) is 7.76. The van der Waals surface area contributed by atoms with Gasteiger partial charge >= 0.3 is 0 Å². The summed E-state index contributed by atoms with van der Waals surface area (Å²) in [5.74, 6) is 6.01. The molecule has 0 heterocycles. The van der Waals surface area contributed by atoms with Crippen molar-refractivity contribution < 1.29 is 4.74 Å². The van der Waals surface area contributed by atoms with Gasteiger partial charge < -0.3 is 4.74 Å². The number of methoxy groups -OCH3 is 1. The van der Waals surface area contributed by atoms with Crippen molar-refractivity contribution in [3.8, 4) is 0 Å². The molecular formula is C8H20N2O. The lowest BCUT2D eigenvalue weighted by Gasteiger charge is -2.23. The Morgan fingerprint density at radius 3 is 2.18 bits per heavy atom. The fourth-order valence-corrected chi connectivity index (χ4v) is 1.36. The Morgan fingerprint density at radius 1 is 1.36 bits per heavy atom. The van der Waals surface area contributed by atoms with Gasteiger partial charge in [0.15, 0.2) is 0 Å². The van der Waals surface area contributed by atoms with Gasteiger partial charge in [-0.1, -0.05) is 26.7 Å². The summed E-state index contributed by atoms with van der Waals surface area (Å²) in [5, 5.41) is 0. The highest BCUT2D eigenvalue weighted by Gasteiger charge is 2.15. The summed E-state index contributed by atoms with van der Waals surface area (Å²) < 4.78 is 5.04. The molecule has 1 atom stereocenters. The number of hydrogen-bond acceptors (Lipinski definition) is 3. The molecule has 0 aliphatic rings. The van der Waals surface area contributed by atoms with Crippen LogP contribution in [-0.2, 0) is 4.74 Å². The molecule has 0 aromatic carbocycles. The van der Waals surface area contributed by atoms with Crippen LogP contribution in [0.3, 0.4) is 0 Å². The maximum Gasteiger partial charge on any atom is 0.0632 e. The SMILES string of the molecule is CCC(CC)C(COC)NN. The number of nitrogens with one attached hydrogen (secondary N) is 1. The molecule has 0 aliphatic carbocycles. The smallest absolute Gasteiger partial charge is 0.0632 e. The lowest BCUT2D eigenvalue weighted by Crippen LogP contribution is -2.43. The Bertz CT molecular complexity index is 84.2. The van der Waals surface area contributed by atoms with Gasteiger partial charge in [0.1, 0.15) is 0 Å². The van der Waals surface area contributed by atoms with Crippen LogP contribution in [0.2, 0.25) is 0 Å². The van der Waals surface area contributed by atoms with E-state index in [0.29, 0.717) is 18.6 Å². The first-order chi connectivity index (χ1) is 5.29. The van der Waals surface area contributed by atoms with Crippen LogP contribution in [0.5, 0.6) is 0 Å². The normalized spacial score (nSPS) is 13.9. The summed E-state index contributed by atoms with van der Waals surface area (Å²) in [6, 6.07) is 0.301. The molecule has 0 spiro atoms. The van der Waals surface area contributed by atoms with E-state index in [1.807, 2.05) is 0 Å². The van der Waals surface area contributed by atoms with Crippen molar-refractivity contribution in [2.45, 2.75) is 32.7 Å². The van der Waals surface area contributed by atoms with Crippen LogP contribution in [0.15, 0.2) is 0 Å². The average molecular weight is 160 g/mol. The molecule has 3 N–H and O–H groups in total. The number of hydrogen-bond donors (Lipinski definition) is 2. The predicted octanol–water partition coefficient (Wildman–Crippen LogP) is 0.901. The van der Waals surface area contributed by atoms with Crippen molar-refractivity contribution in [3.63, 3.8) is 0 Å². The quantitative estimate of drug-likeness (QED) is 0.448. The van der Waals surface area contributed by atoms with Crippen LogP contribution in [0.4, 0.5) is 0 Å². The van der Waals surface area contributed by atoms with Crippen molar-refractivity contribution in [3.05, 3.63) is 0 Å². The minimum Gasteiger partial charge on any atom is -0.383 e. The second kappa shape index (κ2) is 6.58. The van der Waals surface area contributed by atoms with Crippen molar-refractivity contribution in [1.82, 2.24) is 5.43 Å². The molecule has 0 saturated heterocycles. The Morgan fingerprint density at radius 2 is 1.91 bits per heavy atom. The molecule has 0 amide bonds. The number of nitrogens with two attached hydrogens (primary N) is 1.